The summed E-state index contributed by atoms with van der Waals surface area (Å²) in [5.74, 6) is -0.538. The molecule has 0 unspecified atom stereocenters. The molecule has 4 heteroatoms. The Morgan fingerprint density at radius 1 is 1.00 bits per heavy atom. The molecular formula is C16H19O4. The van der Waals surface area contributed by atoms with Gasteiger partial charge in [0.2, 0.25) is 0 Å². The standard InChI is InChI=1S/C8H10O3.C8H9O/c1-5(2)7(9)11-8(10)6(3)4;1-2-9-8-6-4-3-5-7-8/h1,3H2,2,4H3;3-7H,1-2H2. The van der Waals surface area contributed by atoms with Crippen LogP contribution in [0.25, 0.3) is 0 Å². The zero-order valence-electron chi connectivity index (χ0n) is 11.8. The summed E-state index contributed by atoms with van der Waals surface area (Å²) in [6.45, 7) is 13.6. The molecule has 107 valence electrons. The third kappa shape index (κ3) is 7.87. The van der Waals surface area contributed by atoms with Gasteiger partial charge >= 0.3 is 11.9 Å². The fraction of sp³-hybridized carbons (Fsp3) is 0.188. The van der Waals surface area contributed by atoms with Crippen molar-refractivity contribution in [3.63, 3.8) is 0 Å². The molecule has 0 fully saturated rings. The highest BCUT2D eigenvalue weighted by Crippen LogP contribution is 2.06. The van der Waals surface area contributed by atoms with E-state index in [-0.39, 0.29) is 11.1 Å². The number of rotatable bonds is 4. The molecule has 0 atom stereocenters. The number of esters is 2. The fourth-order valence-electron chi connectivity index (χ4n) is 0.893. The largest absolute Gasteiger partial charge is 0.494 e. The topological polar surface area (TPSA) is 52.6 Å². The number of benzene rings is 1. The second-order valence-corrected chi connectivity index (χ2v) is 3.90. The van der Waals surface area contributed by atoms with E-state index in [0.29, 0.717) is 6.61 Å². The maximum atomic E-state index is 10.7. The van der Waals surface area contributed by atoms with Crippen molar-refractivity contribution < 1.29 is 19.1 Å². The summed E-state index contributed by atoms with van der Waals surface area (Å²) < 4.78 is 9.39. The quantitative estimate of drug-likeness (QED) is 0.481. The number of ether oxygens (including phenoxy) is 2. The molecule has 0 heterocycles. The first-order chi connectivity index (χ1) is 9.38. The van der Waals surface area contributed by atoms with E-state index in [0.717, 1.165) is 5.75 Å². The summed E-state index contributed by atoms with van der Waals surface area (Å²) in [5, 5.41) is 0. The SMILES string of the molecule is C=C(C)C(=O)OC(=O)C(=C)C.[CH2]COc1ccccc1. The number of carbonyl (C=O) groups is 2. The minimum absolute atomic E-state index is 0.194. The molecule has 1 rings (SSSR count). The lowest BCUT2D eigenvalue weighted by Gasteiger charge is -1.99. The number of para-hydroxylation sites is 1. The highest BCUT2D eigenvalue weighted by atomic mass is 16.6. The van der Waals surface area contributed by atoms with Crippen LogP contribution in [0.15, 0.2) is 54.6 Å². The molecule has 4 nitrogen and oxygen atoms in total. The van der Waals surface area contributed by atoms with Gasteiger partial charge in [0, 0.05) is 11.1 Å². The molecule has 0 aromatic heterocycles. The van der Waals surface area contributed by atoms with E-state index >= 15 is 0 Å². The van der Waals surface area contributed by atoms with Crippen molar-refractivity contribution in [1.82, 2.24) is 0 Å². The molecule has 20 heavy (non-hydrogen) atoms. The van der Waals surface area contributed by atoms with Gasteiger partial charge in [-0.1, -0.05) is 31.4 Å². The molecular weight excluding hydrogens is 256 g/mol. The van der Waals surface area contributed by atoms with Gasteiger partial charge in [0.05, 0.1) is 6.61 Å². The Hall–Kier alpha value is -2.36. The molecule has 1 radical (unpaired) electrons. The van der Waals surface area contributed by atoms with Gasteiger partial charge in [-0.05, 0) is 32.9 Å². The first-order valence-electron chi connectivity index (χ1n) is 5.93. The molecule has 0 aliphatic carbocycles. The van der Waals surface area contributed by atoms with Crippen molar-refractivity contribution in [3.05, 3.63) is 61.6 Å². The van der Waals surface area contributed by atoms with E-state index < -0.39 is 11.9 Å². The van der Waals surface area contributed by atoms with Gasteiger partial charge in [-0.3, -0.25) is 0 Å². The number of hydrogen-bond donors (Lipinski definition) is 0. The zero-order valence-corrected chi connectivity index (χ0v) is 11.8. The zero-order chi connectivity index (χ0) is 15.5. The Balaban J connectivity index is 0.000000367. The predicted octanol–water partition coefficient (Wildman–Crippen LogP) is 3.11. The Morgan fingerprint density at radius 3 is 1.80 bits per heavy atom. The van der Waals surface area contributed by atoms with Crippen LogP contribution in [0.2, 0.25) is 0 Å². The van der Waals surface area contributed by atoms with Crippen molar-refractivity contribution in [2.45, 2.75) is 13.8 Å². The molecule has 1 aromatic rings. The Kier molecular flexibility index (Phi) is 8.43. The second kappa shape index (κ2) is 9.55. The van der Waals surface area contributed by atoms with Crippen LogP contribution in [0.5, 0.6) is 5.75 Å². The van der Waals surface area contributed by atoms with E-state index in [2.05, 4.69) is 24.8 Å². The van der Waals surface area contributed by atoms with Crippen LogP contribution in [0.3, 0.4) is 0 Å². The highest BCUT2D eigenvalue weighted by molar-refractivity contribution is 6.00. The number of carbonyl (C=O) groups excluding carboxylic acids is 2. The lowest BCUT2D eigenvalue weighted by molar-refractivity contribution is -0.153. The van der Waals surface area contributed by atoms with Crippen LogP contribution in [0.1, 0.15) is 13.8 Å². The van der Waals surface area contributed by atoms with E-state index in [1.807, 2.05) is 30.3 Å². The van der Waals surface area contributed by atoms with E-state index in [4.69, 9.17) is 4.74 Å². The highest BCUT2D eigenvalue weighted by Gasteiger charge is 2.10. The molecule has 0 spiro atoms. The first kappa shape index (κ1) is 17.6. The fourth-order valence-corrected chi connectivity index (χ4v) is 0.893. The maximum absolute atomic E-state index is 10.7. The molecule has 1 aromatic carbocycles. The van der Waals surface area contributed by atoms with Crippen LogP contribution in [0.4, 0.5) is 0 Å². The monoisotopic (exact) mass is 275 g/mol. The van der Waals surface area contributed by atoms with Gasteiger partial charge in [0.1, 0.15) is 5.75 Å². The molecule has 0 amide bonds. The normalized spacial score (nSPS) is 8.75. The van der Waals surface area contributed by atoms with E-state index in [9.17, 15) is 9.59 Å². The Morgan fingerprint density at radius 2 is 1.45 bits per heavy atom. The summed E-state index contributed by atoms with van der Waals surface area (Å²) in [6, 6.07) is 9.64. The van der Waals surface area contributed by atoms with E-state index in [1.54, 1.807) is 0 Å². The van der Waals surface area contributed by atoms with Crippen molar-refractivity contribution in [2.75, 3.05) is 6.61 Å². The van der Waals surface area contributed by atoms with Crippen molar-refractivity contribution in [1.29, 1.82) is 0 Å². The maximum Gasteiger partial charge on any atom is 0.340 e. The molecule has 0 saturated carbocycles. The lowest BCUT2D eigenvalue weighted by atomic mass is 10.3. The van der Waals surface area contributed by atoms with Crippen LogP contribution in [-0.4, -0.2) is 18.5 Å². The van der Waals surface area contributed by atoms with Gasteiger partial charge in [-0.15, -0.1) is 0 Å². The minimum Gasteiger partial charge on any atom is -0.494 e. The first-order valence-corrected chi connectivity index (χ1v) is 5.93. The van der Waals surface area contributed by atoms with Gasteiger partial charge in [-0.2, -0.15) is 0 Å². The number of hydrogen-bond acceptors (Lipinski definition) is 4. The van der Waals surface area contributed by atoms with Crippen LogP contribution in [-0.2, 0) is 14.3 Å². The van der Waals surface area contributed by atoms with Gasteiger partial charge in [0.25, 0.3) is 0 Å². The van der Waals surface area contributed by atoms with Crippen LogP contribution >= 0.6 is 0 Å². The molecule has 0 aliphatic heterocycles. The molecule has 0 N–H and O–H groups in total. The third-order valence-corrected chi connectivity index (χ3v) is 1.89. The summed E-state index contributed by atoms with van der Waals surface area (Å²) >= 11 is 0. The minimum atomic E-state index is -0.710. The van der Waals surface area contributed by atoms with Crippen molar-refractivity contribution in [3.8, 4) is 5.75 Å². The Labute approximate surface area is 119 Å². The van der Waals surface area contributed by atoms with Gasteiger partial charge in [0.15, 0.2) is 0 Å². The smallest absolute Gasteiger partial charge is 0.340 e. The van der Waals surface area contributed by atoms with Crippen LogP contribution in [0, 0.1) is 6.92 Å². The van der Waals surface area contributed by atoms with Crippen molar-refractivity contribution >= 4 is 11.9 Å². The average molecular weight is 275 g/mol. The summed E-state index contributed by atoms with van der Waals surface area (Å²) in [6.07, 6.45) is 0. The summed E-state index contributed by atoms with van der Waals surface area (Å²) in [4.78, 5) is 21.3. The summed E-state index contributed by atoms with van der Waals surface area (Å²) in [7, 11) is 0. The van der Waals surface area contributed by atoms with Crippen molar-refractivity contribution in [2.24, 2.45) is 0 Å². The van der Waals surface area contributed by atoms with Crippen LogP contribution < -0.4 is 4.74 Å². The predicted molar refractivity (Wildman–Crippen MR) is 78.0 cm³/mol. The summed E-state index contributed by atoms with van der Waals surface area (Å²) in [5.41, 5.74) is 0.388. The Bertz CT molecular complexity index is 451. The van der Waals surface area contributed by atoms with Gasteiger partial charge < -0.3 is 9.47 Å². The van der Waals surface area contributed by atoms with Gasteiger partial charge in [-0.25, -0.2) is 9.59 Å². The van der Waals surface area contributed by atoms with E-state index in [1.165, 1.54) is 13.8 Å². The molecule has 0 saturated heterocycles. The second-order valence-electron chi connectivity index (χ2n) is 3.90. The molecule has 0 bridgehead atoms. The average Bonchev–Trinajstić information content (AvgIpc) is 2.40. The molecule has 0 aliphatic rings. The lowest BCUT2D eigenvalue weighted by Crippen LogP contribution is -2.12. The third-order valence-electron chi connectivity index (χ3n) is 1.89.